The maximum Gasteiger partial charge on any atom is 0.317 e. The third kappa shape index (κ3) is 5.95. The van der Waals surface area contributed by atoms with Crippen molar-refractivity contribution in [2.45, 2.75) is 87.7 Å². The highest BCUT2D eigenvalue weighted by molar-refractivity contribution is 7.92. The predicted molar refractivity (Wildman–Crippen MR) is 179 cm³/mol. The van der Waals surface area contributed by atoms with E-state index in [1.807, 2.05) is 49.1 Å². The topological polar surface area (TPSA) is 108 Å². The summed E-state index contributed by atoms with van der Waals surface area (Å²) in [5.41, 5.74) is 3.48. The maximum absolute atomic E-state index is 14.3. The molecular weight excluding hydrogens is 600 g/mol. The van der Waals surface area contributed by atoms with Crippen LogP contribution >= 0.6 is 0 Å². The van der Waals surface area contributed by atoms with Gasteiger partial charge in [-0.05, 0) is 98.7 Å². The molecule has 3 aromatic carbocycles. The van der Waals surface area contributed by atoms with Gasteiger partial charge in [-0.2, -0.15) is 0 Å². The lowest BCUT2D eigenvalue weighted by molar-refractivity contribution is 0.0950. The summed E-state index contributed by atoms with van der Waals surface area (Å²) in [6, 6.07) is 19.5. The van der Waals surface area contributed by atoms with Crippen molar-refractivity contribution in [2.24, 2.45) is 0 Å². The van der Waals surface area contributed by atoms with Crippen LogP contribution in [0.3, 0.4) is 0 Å². The highest BCUT2D eigenvalue weighted by Crippen LogP contribution is 2.53. The van der Waals surface area contributed by atoms with Gasteiger partial charge in [0.15, 0.2) is 0 Å². The van der Waals surface area contributed by atoms with E-state index in [9.17, 15) is 18.0 Å². The van der Waals surface area contributed by atoms with Crippen molar-refractivity contribution in [3.8, 4) is 5.75 Å². The Morgan fingerprint density at radius 3 is 2.33 bits per heavy atom. The molecule has 0 radical (unpaired) electrons. The first-order valence-corrected chi connectivity index (χ1v) is 17.8. The van der Waals surface area contributed by atoms with Crippen molar-refractivity contribution in [2.75, 3.05) is 24.5 Å². The van der Waals surface area contributed by atoms with E-state index in [-0.39, 0.29) is 22.9 Å². The van der Waals surface area contributed by atoms with Gasteiger partial charge in [-0.3, -0.25) is 9.10 Å². The second-order valence-corrected chi connectivity index (χ2v) is 14.7. The number of anilines is 1. The van der Waals surface area contributed by atoms with Gasteiger partial charge in [0.1, 0.15) is 5.75 Å². The highest BCUT2D eigenvalue weighted by atomic mass is 32.2. The average Bonchev–Trinajstić information content (AvgIpc) is 3.31. The number of nitrogens with one attached hydrogen (secondary N) is 2. The lowest BCUT2D eigenvalue weighted by atomic mass is 9.70. The Morgan fingerprint density at radius 2 is 1.65 bits per heavy atom. The summed E-state index contributed by atoms with van der Waals surface area (Å²) in [6.07, 6.45) is 6.70. The summed E-state index contributed by atoms with van der Waals surface area (Å²) < 4.78 is 35.3. The van der Waals surface area contributed by atoms with Crippen LogP contribution in [-0.4, -0.2) is 57.5 Å². The highest BCUT2D eigenvalue weighted by Gasteiger charge is 2.54. The largest absolute Gasteiger partial charge is 0.497 e. The van der Waals surface area contributed by atoms with Crippen LogP contribution in [0.4, 0.5) is 10.5 Å². The third-order valence-corrected chi connectivity index (χ3v) is 12.3. The Labute approximate surface area is 272 Å². The number of hydrogen-bond donors (Lipinski definition) is 2. The lowest BCUT2D eigenvalue weighted by Crippen LogP contribution is -2.55. The van der Waals surface area contributed by atoms with Gasteiger partial charge in [0.25, 0.3) is 15.9 Å². The normalized spacial score (nSPS) is 19.5. The molecule has 1 saturated carbocycles. The smallest absolute Gasteiger partial charge is 0.317 e. The molecule has 1 unspecified atom stereocenters. The first-order chi connectivity index (χ1) is 22.1. The molecule has 10 heteroatoms. The number of amides is 3. The SMILES string of the molecule is COc1ccc(S(=O)(=O)N2c3ccc(C(=O)NCc4ccccc4C)cc3C3(CCN(C(=O)NC4CCCCC4)CC3)C2C)cc1. The monoisotopic (exact) mass is 644 g/mol. The molecule has 3 aliphatic rings. The number of rotatable bonds is 7. The van der Waals surface area contributed by atoms with Crippen LogP contribution in [0.25, 0.3) is 0 Å². The van der Waals surface area contributed by atoms with Gasteiger partial charge in [-0.1, -0.05) is 43.5 Å². The van der Waals surface area contributed by atoms with Crippen molar-refractivity contribution in [1.29, 1.82) is 0 Å². The Balaban J connectivity index is 1.30. The Bertz CT molecular complexity index is 1690. The van der Waals surface area contributed by atoms with Gasteiger partial charge >= 0.3 is 6.03 Å². The fourth-order valence-electron chi connectivity index (χ4n) is 7.52. The van der Waals surface area contributed by atoms with E-state index in [4.69, 9.17) is 4.74 Å². The number of carbonyl (C=O) groups excluding carboxylic acids is 2. The Kier molecular flexibility index (Phi) is 9.01. The van der Waals surface area contributed by atoms with E-state index in [0.717, 1.165) is 42.4 Å². The lowest BCUT2D eigenvalue weighted by Gasteiger charge is -2.43. The molecule has 2 aliphatic heterocycles. The number of ether oxygens (including phenoxy) is 1. The van der Waals surface area contributed by atoms with Gasteiger partial charge in [0.2, 0.25) is 0 Å². The number of nitrogens with zero attached hydrogens (tertiary/aromatic N) is 2. The van der Waals surface area contributed by atoms with Crippen LogP contribution in [0.5, 0.6) is 5.75 Å². The molecule has 6 rings (SSSR count). The summed E-state index contributed by atoms with van der Waals surface area (Å²) in [4.78, 5) is 28.8. The predicted octanol–water partition coefficient (Wildman–Crippen LogP) is 5.91. The van der Waals surface area contributed by atoms with E-state index in [1.165, 1.54) is 10.7 Å². The van der Waals surface area contributed by atoms with Crippen LogP contribution in [0.2, 0.25) is 0 Å². The minimum Gasteiger partial charge on any atom is -0.497 e. The van der Waals surface area contributed by atoms with E-state index in [2.05, 4.69) is 10.6 Å². The van der Waals surface area contributed by atoms with E-state index in [0.29, 0.717) is 49.5 Å². The number of hydrogen-bond acceptors (Lipinski definition) is 5. The van der Waals surface area contributed by atoms with Crippen LogP contribution in [0.15, 0.2) is 71.6 Å². The first-order valence-electron chi connectivity index (χ1n) is 16.4. The van der Waals surface area contributed by atoms with Crippen LogP contribution < -0.4 is 19.7 Å². The molecule has 1 spiro atoms. The number of likely N-dealkylation sites (tertiary alicyclic amines) is 1. The van der Waals surface area contributed by atoms with E-state index in [1.54, 1.807) is 43.5 Å². The molecule has 244 valence electrons. The van der Waals surface area contributed by atoms with Gasteiger partial charge in [0, 0.05) is 36.7 Å². The number of benzene rings is 3. The molecule has 1 atom stereocenters. The summed E-state index contributed by atoms with van der Waals surface area (Å²) in [6.45, 7) is 5.37. The quantitative estimate of drug-likeness (QED) is 0.333. The fraction of sp³-hybridized carbons (Fsp3) is 0.444. The van der Waals surface area contributed by atoms with E-state index < -0.39 is 21.5 Å². The second-order valence-electron chi connectivity index (χ2n) is 12.9. The van der Waals surface area contributed by atoms with Crippen LogP contribution in [0, 0.1) is 6.92 Å². The standard InChI is InChI=1S/C36H44N4O5S/c1-25-9-7-8-10-28(25)24-37-34(41)27-13-18-33-32(23-27)36(19-21-39(22-20-36)35(42)38-29-11-5-4-6-12-29)26(2)40(33)46(43,44)31-16-14-30(45-3)15-17-31/h7-10,13-18,23,26,29H,4-6,11-12,19-22,24H2,1-3H3,(H,37,41)(H,38,42). The number of carbonyl (C=O) groups is 2. The van der Waals surface area contributed by atoms with Gasteiger partial charge in [-0.25, -0.2) is 13.2 Å². The zero-order chi connectivity index (χ0) is 32.5. The summed E-state index contributed by atoms with van der Waals surface area (Å²) in [5.74, 6) is 0.361. The minimum absolute atomic E-state index is 0.0420. The summed E-state index contributed by atoms with van der Waals surface area (Å²) >= 11 is 0. The summed E-state index contributed by atoms with van der Waals surface area (Å²) in [7, 11) is -2.41. The number of sulfonamides is 1. The number of fused-ring (bicyclic) bond motifs is 2. The van der Waals surface area contributed by atoms with Crippen molar-refractivity contribution in [3.05, 3.63) is 89.0 Å². The molecular formula is C36H44N4O5S. The Hall–Kier alpha value is -4.05. The number of urea groups is 1. The molecule has 2 N–H and O–H groups in total. The average molecular weight is 645 g/mol. The van der Waals surface area contributed by atoms with E-state index >= 15 is 0 Å². The number of methoxy groups -OCH3 is 1. The Morgan fingerprint density at radius 1 is 0.957 bits per heavy atom. The van der Waals surface area contributed by atoms with Gasteiger partial charge in [-0.15, -0.1) is 0 Å². The second kappa shape index (κ2) is 13.0. The molecule has 46 heavy (non-hydrogen) atoms. The molecule has 0 aromatic heterocycles. The van der Waals surface area contributed by atoms with Crippen molar-refractivity contribution in [3.63, 3.8) is 0 Å². The molecule has 1 aliphatic carbocycles. The molecule has 1 saturated heterocycles. The maximum atomic E-state index is 14.3. The molecule has 2 fully saturated rings. The zero-order valence-corrected chi connectivity index (χ0v) is 27.7. The van der Waals surface area contributed by atoms with Crippen molar-refractivity contribution in [1.82, 2.24) is 15.5 Å². The zero-order valence-electron chi connectivity index (χ0n) is 26.9. The number of piperidine rings is 1. The molecule has 0 bridgehead atoms. The van der Waals surface area contributed by atoms with Gasteiger partial charge < -0.3 is 20.3 Å². The molecule has 3 amide bonds. The summed E-state index contributed by atoms with van der Waals surface area (Å²) in [5, 5.41) is 6.28. The number of aryl methyl sites for hydroxylation is 1. The van der Waals surface area contributed by atoms with Crippen LogP contribution in [-0.2, 0) is 22.0 Å². The van der Waals surface area contributed by atoms with Crippen molar-refractivity contribution >= 4 is 27.6 Å². The molecule has 2 heterocycles. The first kappa shape index (κ1) is 31.9. The van der Waals surface area contributed by atoms with Crippen LogP contribution in [0.1, 0.15) is 78.9 Å². The van der Waals surface area contributed by atoms with Crippen molar-refractivity contribution < 1.29 is 22.7 Å². The van der Waals surface area contributed by atoms with Gasteiger partial charge in [0.05, 0.1) is 23.7 Å². The fourth-order valence-corrected chi connectivity index (χ4v) is 9.26. The third-order valence-electron chi connectivity index (χ3n) is 10.4. The minimum atomic E-state index is -3.95. The molecule has 9 nitrogen and oxygen atoms in total. The molecule has 3 aromatic rings.